The number of nitrogens with two attached hydrogens (primary N) is 1. The molecule has 0 radical (unpaired) electrons. The van der Waals surface area contributed by atoms with Crippen LogP contribution in [0.4, 0.5) is 0 Å². The molecule has 0 spiro atoms. The second-order valence-electron chi connectivity index (χ2n) is 2.87. The normalized spacial score (nSPS) is 21.7. The van der Waals surface area contributed by atoms with Gasteiger partial charge in [-0.3, -0.25) is 0 Å². The minimum absolute atomic E-state index is 0.212. The number of hydrogen-bond donors (Lipinski definition) is 2. The zero-order valence-electron chi connectivity index (χ0n) is 7.57. The molecule has 0 aromatic carbocycles. The van der Waals surface area contributed by atoms with Crippen LogP contribution in [-0.4, -0.2) is 35.9 Å². The fraction of sp³-hybridized carbons (Fsp3) is 0.250. The van der Waals surface area contributed by atoms with Crippen molar-refractivity contribution in [2.75, 3.05) is 14.1 Å². The zero-order valence-corrected chi connectivity index (χ0v) is 8.39. The van der Waals surface area contributed by atoms with E-state index < -0.39 is 16.5 Å². The van der Waals surface area contributed by atoms with Gasteiger partial charge >= 0.3 is 5.97 Å². The summed E-state index contributed by atoms with van der Waals surface area (Å²) in [6.07, 6.45) is 0. The Balaban J connectivity index is 3.16. The maximum Gasteiger partial charge on any atom is 0.344 e. The number of carboxylic acid groups (broad SMARTS) is 1. The third-order valence-corrected chi connectivity index (χ3v) is 3.14. The first-order valence-corrected chi connectivity index (χ1v) is 5.06. The van der Waals surface area contributed by atoms with Crippen LogP contribution in [0.25, 0.3) is 0 Å². The van der Waals surface area contributed by atoms with E-state index >= 15 is 0 Å². The van der Waals surface area contributed by atoms with Crippen LogP contribution in [0.5, 0.6) is 0 Å². The molecule has 0 bridgehead atoms. The van der Waals surface area contributed by atoms with Crippen molar-refractivity contribution in [3.8, 4) is 0 Å². The highest BCUT2D eigenvalue weighted by molar-refractivity contribution is 8.21. The molecular formula is C8H12N2O2S. The Morgan fingerprint density at radius 1 is 1.69 bits per heavy atom. The second-order valence-corrected chi connectivity index (χ2v) is 4.38. The number of hydrogen-bond acceptors (Lipinski definition) is 3. The third-order valence-electron chi connectivity index (χ3n) is 1.71. The lowest BCUT2D eigenvalue weighted by Gasteiger charge is -2.13. The Morgan fingerprint density at radius 2 is 2.23 bits per heavy atom. The molecule has 13 heavy (non-hydrogen) atoms. The second kappa shape index (κ2) is 3.26. The molecular weight excluding hydrogens is 188 g/mol. The summed E-state index contributed by atoms with van der Waals surface area (Å²) in [6.45, 7) is 0. The van der Waals surface area contributed by atoms with Crippen LogP contribution >= 0.6 is 10.5 Å². The van der Waals surface area contributed by atoms with E-state index in [1.807, 2.05) is 14.1 Å². The summed E-state index contributed by atoms with van der Waals surface area (Å²) in [5.41, 5.74) is 6.75. The first-order chi connectivity index (χ1) is 5.95. The first-order valence-electron chi connectivity index (χ1n) is 3.60. The van der Waals surface area contributed by atoms with Gasteiger partial charge < -0.3 is 15.7 Å². The van der Waals surface area contributed by atoms with Gasteiger partial charge in [0.15, 0.2) is 0 Å². The van der Waals surface area contributed by atoms with Gasteiger partial charge in [-0.25, -0.2) is 4.79 Å². The van der Waals surface area contributed by atoms with Gasteiger partial charge in [0.05, 0.1) is 11.4 Å². The van der Waals surface area contributed by atoms with Gasteiger partial charge in [-0.1, -0.05) is 5.87 Å². The molecule has 1 atom stereocenters. The van der Waals surface area contributed by atoms with Gasteiger partial charge in [0, 0.05) is 14.1 Å². The van der Waals surface area contributed by atoms with Crippen LogP contribution in [-0.2, 0) is 4.79 Å². The minimum atomic E-state index is -0.982. The lowest BCUT2D eigenvalue weighted by molar-refractivity contribution is -0.131. The molecule has 1 heterocycles. The van der Waals surface area contributed by atoms with Crippen molar-refractivity contribution in [1.29, 1.82) is 0 Å². The smallest absolute Gasteiger partial charge is 0.344 e. The quantitative estimate of drug-likeness (QED) is 0.632. The monoisotopic (exact) mass is 200 g/mol. The van der Waals surface area contributed by atoms with Crippen molar-refractivity contribution in [3.05, 3.63) is 21.7 Å². The van der Waals surface area contributed by atoms with Crippen molar-refractivity contribution in [1.82, 2.24) is 4.90 Å². The highest BCUT2D eigenvalue weighted by Gasteiger charge is 2.23. The van der Waals surface area contributed by atoms with E-state index in [9.17, 15) is 4.79 Å². The molecule has 5 heteroatoms. The average molecular weight is 200 g/mol. The lowest BCUT2D eigenvalue weighted by atomic mass is 10.3. The van der Waals surface area contributed by atoms with E-state index in [1.165, 1.54) is 0 Å². The van der Waals surface area contributed by atoms with Gasteiger partial charge in [-0.15, -0.1) is 10.5 Å². The molecule has 0 aromatic heterocycles. The number of rotatable bonds is 2. The topological polar surface area (TPSA) is 66.6 Å². The maximum atomic E-state index is 10.8. The Labute approximate surface area is 79.3 Å². The van der Waals surface area contributed by atoms with Crippen LogP contribution < -0.4 is 5.73 Å². The highest BCUT2D eigenvalue weighted by atomic mass is 32.2. The maximum absolute atomic E-state index is 10.8. The van der Waals surface area contributed by atoms with Crippen molar-refractivity contribution >= 4 is 22.3 Å². The summed E-state index contributed by atoms with van der Waals surface area (Å²) < 4.78 is 0. The Hall–Kier alpha value is -1.23. The average Bonchev–Trinajstić information content (AvgIpc) is 2.26. The fourth-order valence-electron chi connectivity index (χ4n) is 1.09. The Kier molecular flexibility index (Phi) is 2.47. The molecule has 0 saturated heterocycles. The summed E-state index contributed by atoms with van der Waals surface area (Å²) >= 11 is 0. The predicted octanol–water partition coefficient (Wildman–Crippen LogP) is 0.359. The Bertz CT molecular complexity index is 342. The number of nitrogens with zero attached hydrogens (tertiary/aromatic N) is 1. The van der Waals surface area contributed by atoms with Gasteiger partial charge in [-0.2, -0.15) is 0 Å². The first kappa shape index (κ1) is 9.85. The molecule has 72 valence electrons. The molecule has 0 aliphatic carbocycles. The molecule has 1 aliphatic rings. The number of aliphatic carboxylic acids is 1. The summed E-state index contributed by atoms with van der Waals surface area (Å²) in [6, 6.07) is 0. The number of carbonyl (C=O) groups is 1. The molecule has 0 saturated carbocycles. The third kappa shape index (κ3) is 1.60. The summed E-state index contributed by atoms with van der Waals surface area (Å²) in [5, 5.41) is 10.6. The van der Waals surface area contributed by atoms with E-state index in [0.717, 1.165) is 5.70 Å². The van der Waals surface area contributed by atoms with E-state index in [0.29, 0.717) is 5.70 Å². The molecule has 0 fully saturated rings. The predicted molar refractivity (Wildman–Crippen MR) is 55.3 cm³/mol. The van der Waals surface area contributed by atoms with E-state index in [4.69, 9.17) is 10.8 Å². The highest BCUT2D eigenvalue weighted by Crippen LogP contribution is 2.37. The fourth-order valence-corrected chi connectivity index (χ4v) is 2.42. The Morgan fingerprint density at radius 3 is 2.46 bits per heavy atom. The van der Waals surface area contributed by atoms with Crippen LogP contribution in [0.3, 0.4) is 0 Å². The SMILES string of the molecule is C=S1C=C(N(C)C)C(N)=C1C(=O)O. The molecule has 0 aromatic rings. The molecule has 4 nitrogen and oxygen atoms in total. The van der Waals surface area contributed by atoms with Gasteiger partial charge in [0.25, 0.3) is 0 Å². The van der Waals surface area contributed by atoms with Crippen molar-refractivity contribution < 1.29 is 9.90 Å². The van der Waals surface area contributed by atoms with Crippen molar-refractivity contribution in [2.45, 2.75) is 0 Å². The molecule has 1 rings (SSSR count). The lowest BCUT2D eigenvalue weighted by Crippen LogP contribution is -2.17. The van der Waals surface area contributed by atoms with Crippen molar-refractivity contribution in [2.24, 2.45) is 5.73 Å². The van der Waals surface area contributed by atoms with Crippen LogP contribution in [0.1, 0.15) is 0 Å². The summed E-state index contributed by atoms with van der Waals surface area (Å²) in [7, 11) is 3.02. The molecule has 3 N–H and O–H groups in total. The van der Waals surface area contributed by atoms with Gasteiger partial charge in [-0.05, 0) is 5.41 Å². The minimum Gasteiger partial charge on any atom is -0.477 e. The van der Waals surface area contributed by atoms with Crippen LogP contribution in [0, 0.1) is 0 Å². The zero-order chi connectivity index (χ0) is 10.2. The summed E-state index contributed by atoms with van der Waals surface area (Å²) in [5.74, 6) is 2.75. The van der Waals surface area contributed by atoms with E-state index in [2.05, 4.69) is 5.87 Å². The number of likely N-dealkylation sites (N-methyl/N-ethyl adjacent to an activating group) is 1. The standard InChI is InChI=1S/C8H12N2O2S/c1-10(2)5-4-13(3)7(6(5)9)8(11)12/h4H,3,9H2,1-2H3,(H,11,12). The van der Waals surface area contributed by atoms with E-state index in [-0.39, 0.29) is 4.91 Å². The molecule has 1 unspecified atom stereocenters. The number of carboxylic acids is 1. The van der Waals surface area contributed by atoms with Crippen LogP contribution in [0.15, 0.2) is 21.7 Å². The van der Waals surface area contributed by atoms with Crippen molar-refractivity contribution in [3.63, 3.8) is 0 Å². The summed E-state index contributed by atoms with van der Waals surface area (Å²) in [4.78, 5) is 12.8. The van der Waals surface area contributed by atoms with Gasteiger partial charge in [0.2, 0.25) is 0 Å². The molecule has 1 aliphatic heterocycles. The largest absolute Gasteiger partial charge is 0.477 e. The molecule has 0 amide bonds. The van der Waals surface area contributed by atoms with Gasteiger partial charge in [0.1, 0.15) is 4.91 Å². The van der Waals surface area contributed by atoms with E-state index in [1.54, 1.807) is 10.3 Å². The van der Waals surface area contributed by atoms with Crippen LogP contribution in [0.2, 0.25) is 0 Å².